The Balaban J connectivity index is 1.77. The average molecular weight is 327 g/mol. The van der Waals surface area contributed by atoms with Crippen molar-refractivity contribution in [2.45, 2.75) is 19.4 Å². The highest BCUT2D eigenvalue weighted by Crippen LogP contribution is 2.13. The van der Waals surface area contributed by atoms with E-state index in [1.54, 1.807) is 14.2 Å². The van der Waals surface area contributed by atoms with Crippen LogP contribution in [0.5, 0.6) is 11.5 Å². The van der Waals surface area contributed by atoms with Crippen molar-refractivity contribution in [2.75, 3.05) is 14.2 Å². The van der Waals surface area contributed by atoms with Crippen molar-refractivity contribution in [2.24, 2.45) is 0 Å². The predicted octanol–water partition coefficient (Wildman–Crippen LogP) is 2.52. The molecule has 2 aromatic rings. The molecule has 0 aliphatic rings. The summed E-state index contributed by atoms with van der Waals surface area (Å²) in [6.07, 6.45) is 0.708. The van der Waals surface area contributed by atoms with Gasteiger partial charge in [-0.25, -0.2) is 0 Å². The van der Waals surface area contributed by atoms with Crippen LogP contribution in [-0.4, -0.2) is 25.9 Å². The van der Waals surface area contributed by atoms with E-state index in [4.69, 9.17) is 9.47 Å². The maximum Gasteiger partial charge on any atom is 0.287 e. The first-order valence-electron chi connectivity index (χ1n) is 7.69. The summed E-state index contributed by atoms with van der Waals surface area (Å²) in [5.74, 6) is 0.543. The van der Waals surface area contributed by atoms with E-state index in [0.29, 0.717) is 13.0 Å². The third-order valence-corrected chi connectivity index (χ3v) is 3.67. The number of rotatable bonds is 8. The van der Waals surface area contributed by atoms with Crippen molar-refractivity contribution in [3.8, 4) is 11.5 Å². The van der Waals surface area contributed by atoms with E-state index >= 15 is 0 Å². The number of hydrogen-bond acceptors (Lipinski definition) is 4. The third-order valence-electron chi connectivity index (χ3n) is 3.67. The molecule has 1 amide bonds. The molecular weight excluding hydrogens is 306 g/mol. The van der Waals surface area contributed by atoms with Gasteiger partial charge in [0.15, 0.2) is 0 Å². The van der Waals surface area contributed by atoms with Crippen molar-refractivity contribution < 1.29 is 19.1 Å². The summed E-state index contributed by atoms with van der Waals surface area (Å²) in [6.45, 7) is 0.317. The SMILES string of the molecule is COc1ccc(CCC(=O)C(=O)NCc2ccc(OC)cc2)cc1. The van der Waals surface area contributed by atoms with Gasteiger partial charge in [0.1, 0.15) is 11.5 Å². The fourth-order valence-corrected chi connectivity index (χ4v) is 2.19. The number of carbonyl (C=O) groups excluding carboxylic acids is 2. The zero-order valence-corrected chi connectivity index (χ0v) is 13.9. The van der Waals surface area contributed by atoms with Crippen LogP contribution in [0, 0.1) is 0 Å². The van der Waals surface area contributed by atoms with Gasteiger partial charge in [0, 0.05) is 13.0 Å². The molecule has 0 aromatic heterocycles. The van der Waals surface area contributed by atoms with Crippen LogP contribution in [-0.2, 0) is 22.6 Å². The van der Waals surface area contributed by atoms with E-state index in [1.165, 1.54) is 0 Å². The lowest BCUT2D eigenvalue weighted by Gasteiger charge is -2.06. The van der Waals surface area contributed by atoms with Crippen LogP contribution in [0.4, 0.5) is 0 Å². The third kappa shape index (κ3) is 5.12. The first-order chi connectivity index (χ1) is 11.6. The molecule has 0 aliphatic heterocycles. The molecule has 2 aromatic carbocycles. The molecule has 126 valence electrons. The molecule has 0 spiro atoms. The smallest absolute Gasteiger partial charge is 0.287 e. The molecule has 0 radical (unpaired) electrons. The van der Waals surface area contributed by atoms with E-state index in [1.807, 2.05) is 48.5 Å². The Morgan fingerprint density at radius 3 is 1.83 bits per heavy atom. The Morgan fingerprint density at radius 2 is 1.33 bits per heavy atom. The fourth-order valence-electron chi connectivity index (χ4n) is 2.19. The van der Waals surface area contributed by atoms with Crippen LogP contribution in [0.15, 0.2) is 48.5 Å². The zero-order valence-electron chi connectivity index (χ0n) is 13.9. The van der Waals surface area contributed by atoms with Crippen LogP contribution >= 0.6 is 0 Å². The first-order valence-corrected chi connectivity index (χ1v) is 7.69. The van der Waals surface area contributed by atoms with Crippen molar-refractivity contribution in [3.05, 3.63) is 59.7 Å². The van der Waals surface area contributed by atoms with Gasteiger partial charge in [-0.2, -0.15) is 0 Å². The van der Waals surface area contributed by atoms with Crippen molar-refractivity contribution in [3.63, 3.8) is 0 Å². The molecule has 0 unspecified atom stereocenters. The van der Waals surface area contributed by atoms with Crippen LogP contribution in [0.25, 0.3) is 0 Å². The van der Waals surface area contributed by atoms with E-state index < -0.39 is 11.7 Å². The minimum Gasteiger partial charge on any atom is -0.497 e. The minimum absolute atomic E-state index is 0.181. The molecule has 0 aliphatic carbocycles. The van der Waals surface area contributed by atoms with Crippen molar-refractivity contribution in [1.82, 2.24) is 5.32 Å². The van der Waals surface area contributed by atoms with Crippen molar-refractivity contribution >= 4 is 11.7 Å². The predicted molar refractivity (Wildman–Crippen MR) is 91.2 cm³/mol. The number of nitrogens with one attached hydrogen (secondary N) is 1. The quantitative estimate of drug-likeness (QED) is 0.757. The Labute approximate surface area is 141 Å². The van der Waals surface area contributed by atoms with E-state index in [-0.39, 0.29) is 6.42 Å². The summed E-state index contributed by atoms with van der Waals surface area (Å²) in [6, 6.07) is 14.8. The number of ketones is 1. The standard InChI is InChI=1S/C19H21NO4/c1-23-16-8-3-14(4-9-16)7-12-18(21)19(22)20-13-15-5-10-17(24-2)11-6-15/h3-6,8-11H,7,12-13H2,1-2H3,(H,20,22). The Morgan fingerprint density at radius 1 is 0.833 bits per heavy atom. The number of amides is 1. The lowest BCUT2D eigenvalue weighted by molar-refractivity contribution is -0.138. The monoisotopic (exact) mass is 327 g/mol. The van der Waals surface area contributed by atoms with Crippen LogP contribution < -0.4 is 14.8 Å². The molecular formula is C19H21NO4. The number of ether oxygens (including phenoxy) is 2. The molecule has 0 atom stereocenters. The maximum absolute atomic E-state index is 11.9. The van der Waals surface area contributed by atoms with Gasteiger partial charge in [-0.3, -0.25) is 9.59 Å². The molecule has 0 heterocycles. The number of benzene rings is 2. The summed E-state index contributed by atoms with van der Waals surface area (Å²) < 4.78 is 10.2. The minimum atomic E-state index is -0.556. The highest BCUT2D eigenvalue weighted by molar-refractivity contribution is 6.36. The first kappa shape index (κ1) is 17.5. The highest BCUT2D eigenvalue weighted by Gasteiger charge is 2.13. The maximum atomic E-state index is 11.9. The topological polar surface area (TPSA) is 64.6 Å². The second kappa shape index (κ2) is 8.72. The van der Waals surface area contributed by atoms with Gasteiger partial charge >= 0.3 is 0 Å². The molecule has 5 nitrogen and oxygen atoms in total. The Bertz CT molecular complexity index is 616. The van der Waals surface area contributed by atoms with Gasteiger partial charge in [0.05, 0.1) is 14.2 Å². The fraction of sp³-hybridized carbons (Fsp3) is 0.263. The van der Waals surface area contributed by atoms with E-state index in [0.717, 1.165) is 22.6 Å². The summed E-state index contributed by atoms with van der Waals surface area (Å²) in [4.78, 5) is 23.8. The van der Waals surface area contributed by atoms with Gasteiger partial charge < -0.3 is 14.8 Å². The summed E-state index contributed by atoms with van der Waals surface area (Å²) in [7, 11) is 3.20. The normalized spacial score (nSPS) is 10.1. The number of hydrogen-bond donors (Lipinski definition) is 1. The second-order valence-electron chi connectivity index (χ2n) is 5.30. The van der Waals surface area contributed by atoms with Crippen LogP contribution in [0.1, 0.15) is 17.5 Å². The molecule has 5 heteroatoms. The van der Waals surface area contributed by atoms with Gasteiger partial charge in [-0.1, -0.05) is 24.3 Å². The number of Topliss-reactive ketones (excluding diaryl/α,β-unsaturated/α-hetero) is 1. The lowest BCUT2D eigenvalue weighted by Crippen LogP contribution is -2.30. The average Bonchev–Trinajstić information content (AvgIpc) is 2.64. The number of methoxy groups -OCH3 is 2. The zero-order chi connectivity index (χ0) is 17.4. The van der Waals surface area contributed by atoms with Crippen LogP contribution in [0.2, 0.25) is 0 Å². The molecule has 24 heavy (non-hydrogen) atoms. The molecule has 0 fully saturated rings. The lowest BCUT2D eigenvalue weighted by atomic mass is 10.1. The Kier molecular flexibility index (Phi) is 6.37. The molecule has 1 N–H and O–H groups in total. The summed E-state index contributed by atoms with van der Waals surface area (Å²) >= 11 is 0. The summed E-state index contributed by atoms with van der Waals surface area (Å²) in [5.41, 5.74) is 1.90. The summed E-state index contributed by atoms with van der Waals surface area (Å²) in [5, 5.41) is 2.64. The Hall–Kier alpha value is -2.82. The highest BCUT2D eigenvalue weighted by atomic mass is 16.5. The van der Waals surface area contributed by atoms with E-state index in [2.05, 4.69) is 5.32 Å². The van der Waals surface area contributed by atoms with Gasteiger partial charge in [-0.05, 0) is 41.8 Å². The second-order valence-corrected chi connectivity index (χ2v) is 5.30. The number of carbonyl (C=O) groups is 2. The van der Waals surface area contributed by atoms with Crippen molar-refractivity contribution in [1.29, 1.82) is 0 Å². The molecule has 2 rings (SSSR count). The van der Waals surface area contributed by atoms with E-state index in [9.17, 15) is 9.59 Å². The largest absolute Gasteiger partial charge is 0.497 e. The molecule has 0 bridgehead atoms. The van der Waals surface area contributed by atoms with Crippen LogP contribution in [0.3, 0.4) is 0 Å². The van der Waals surface area contributed by atoms with Gasteiger partial charge in [0.2, 0.25) is 5.78 Å². The van der Waals surface area contributed by atoms with Gasteiger partial charge in [0.25, 0.3) is 5.91 Å². The molecule has 0 saturated carbocycles. The van der Waals surface area contributed by atoms with Gasteiger partial charge in [-0.15, -0.1) is 0 Å². The number of aryl methyl sites for hydroxylation is 1. The molecule has 0 saturated heterocycles.